The van der Waals surface area contributed by atoms with Crippen LogP contribution in [0.3, 0.4) is 0 Å². The molecule has 0 spiro atoms. The Labute approximate surface area is 108 Å². The van der Waals surface area contributed by atoms with Crippen LogP contribution in [0.5, 0.6) is 0 Å². The van der Waals surface area contributed by atoms with Gasteiger partial charge in [0, 0.05) is 10.6 Å². The highest BCUT2D eigenvalue weighted by atomic mass is 28.3. The summed E-state index contributed by atoms with van der Waals surface area (Å²) in [6.45, 7) is 4.54. The van der Waals surface area contributed by atoms with Crippen molar-refractivity contribution in [1.29, 1.82) is 0 Å². The van der Waals surface area contributed by atoms with Crippen LogP contribution < -0.4 is 10.4 Å². The van der Waals surface area contributed by atoms with E-state index >= 15 is 0 Å². The normalized spacial score (nSPS) is 10.8. The van der Waals surface area contributed by atoms with Crippen LogP contribution in [0.1, 0.15) is 0 Å². The molecule has 2 aromatic carbocycles. The van der Waals surface area contributed by atoms with E-state index in [2.05, 4.69) is 53.5 Å². The third-order valence-electron chi connectivity index (χ3n) is 3.23. The standard InChI is InChI=1S/C14H15N3Si/c1-18(2,12-8-4-3-5-9-12)14-11-7-6-10-13(14)16-17-15/h3-11H,1-2H3. The van der Waals surface area contributed by atoms with Crippen LogP contribution in [-0.2, 0) is 0 Å². The van der Waals surface area contributed by atoms with E-state index in [-0.39, 0.29) is 0 Å². The molecule has 0 fully saturated rings. The predicted molar refractivity (Wildman–Crippen MR) is 78.4 cm³/mol. The summed E-state index contributed by atoms with van der Waals surface area (Å²) in [5.41, 5.74) is 9.40. The third kappa shape index (κ3) is 2.30. The fourth-order valence-corrected chi connectivity index (χ4v) is 4.77. The number of benzene rings is 2. The molecule has 0 bridgehead atoms. The second kappa shape index (κ2) is 5.08. The molecule has 0 amide bonds. The summed E-state index contributed by atoms with van der Waals surface area (Å²) < 4.78 is 0. The summed E-state index contributed by atoms with van der Waals surface area (Å²) in [4.78, 5) is 2.92. The Hall–Kier alpha value is -2.03. The monoisotopic (exact) mass is 253 g/mol. The molecular weight excluding hydrogens is 238 g/mol. The van der Waals surface area contributed by atoms with Gasteiger partial charge < -0.3 is 0 Å². The minimum atomic E-state index is -1.80. The van der Waals surface area contributed by atoms with Crippen LogP contribution >= 0.6 is 0 Å². The van der Waals surface area contributed by atoms with Crippen molar-refractivity contribution >= 4 is 24.1 Å². The average Bonchev–Trinajstić information content (AvgIpc) is 2.41. The van der Waals surface area contributed by atoms with Crippen molar-refractivity contribution in [1.82, 2.24) is 0 Å². The van der Waals surface area contributed by atoms with Gasteiger partial charge in [0.05, 0.1) is 0 Å². The first-order valence-electron chi connectivity index (χ1n) is 5.86. The van der Waals surface area contributed by atoms with Crippen molar-refractivity contribution in [3.05, 3.63) is 65.0 Å². The van der Waals surface area contributed by atoms with Gasteiger partial charge in [-0.3, -0.25) is 0 Å². The zero-order valence-corrected chi connectivity index (χ0v) is 11.5. The number of hydrogen-bond acceptors (Lipinski definition) is 1. The minimum Gasteiger partial charge on any atom is -0.0626 e. The summed E-state index contributed by atoms with van der Waals surface area (Å²) in [7, 11) is -1.80. The average molecular weight is 253 g/mol. The van der Waals surface area contributed by atoms with Gasteiger partial charge in [-0.15, -0.1) is 0 Å². The largest absolute Gasteiger partial charge is 0.112 e. The molecule has 2 aromatic rings. The fraction of sp³-hybridized carbons (Fsp3) is 0.143. The Morgan fingerprint density at radius 2 is 1.56 bits per heavy atom. The molecule has 0 aliphatic carbocycles. The van der Waals surface area contributed by atoms with E-state index in [1.807, 2.05) is 24.3 Å². The maximum Gasteiger partial charge on any atom is 0.112 e. The first-order chi connectivity index (χ1) is 8.66. The molecule has 0 aromatic heterocycles. The molecule has 0 N–H and O–H groups in total. The molecule has 0 atom stereocenters. The van der Waals surface area contributed by atoms with Crippen molar-refractivity contribution in [3.8, 4) is 0 Å². The highest BCUT2D eigenvalue weighted by Crippen LogP contribution is 2.15. The van der Waals surface area contributed by atoms with Gasteiger partial charge in [-0.05, 0) is 10.7 Å². The molecule has 0 aliphatic rings. The van der Waals surface area contributed by atoms with E-state index in [4.69, 9.17) is 5.53 Å². The molecule has 0 unspecified atom stereocenters. The zero-order chi connectivity index (χ0) is 13.0. The molecule has 2 rings (SSSR count). The molecule has 18 heavy (non-hydrogen) atoms. The van der Waals surface area contributed by atoms with Crippen LogP contribution in [0.4, 0.5) is 5.69 Å². The number of hydrogen-bond donors (Lipinski definition) is 0. The Balaban J connectivity index is 2.57. The fourth-order valence-electron chi connectivity index (χ4n) is 2.15. The summed E-state index contributed by atoms with van der Waals surface area (Å²) in [5.74, 6) is 0. The van der Waals surface area contributed by atoms with Crippen molar-refractivity contribution in [2.24, 2.45) is 5.11 Å². The summed E-state index contributed by atoms with van der Waals surface area (Å²) >= 11 is 0. The van der Waals surface area contributed by atoms with Gasteiger partial charge in [0.1, 0.15) is 8.07 Å². The molecule has 90 valence electrons. The van der Waals surface area contributed by atoms with Gasteiger partial charge in [0.2, 0.25) is 0 Å². The smallest absolute Gasteiger partial charge is 0.0626 e. The van der Waals surface area contributed by atoms with Crippen molar-refractivity contribution in [2.75, 3.05) is 0 Å². The Morgan fingerprint density at radius 3 is 2.22 bits per heavy atom. The molecule has 0 radical (unpaired) electrons. The second-order valence-corrected chi connectivity index (χ2v) is 9.06. The first kappa shape index (κ1) is 12.4. The molecule has 4 heteroatoms. The highest BCUT2D eigenvalue weighted by Gasteiger charge is 2.27. The van der Waals surface area contributed by atoms with Crippen molar-refractivity contribution < 1.29 is 0 Å². The van der Waals surface area contributed by atoms with Gasteiger partial charge in [0.25, 0.3) is 0 Å². The predicted octanol–water partition coefficient (Wildman–Crippen LogP) is 3.45. The van der Waals surface area contributed by atoms with E-state index in [0.717, 1.165) is 5.69 Å². The quantitative estimate of drug-likeness (QED) is 0.348. The van der Waals surface area contributed by atoms with Gasteiger partial charge in [-0.25, -0.2) is 0 Å². The molecule has 3 nitrogen and oxygen atoms in total. The lowest BCUT2D eigenvalue weighted by Crippen LogP contribution is -2.52. The number of azide groups is 1. The van der Waals surface area contributed by atoms with Gasteiger partial charge in [-0.1, -0.05) is 78.0 Å². The zero-order valence-electron chi connectivity index (χ0n) is 10.5. The van der Waals surface area contributed by atoms with E-state index in [1.54, 1.807) is 0 Å². The SMILES string of the molecule is C[Si](C)(c1ccccc1)c1ccccc1N=[N+]=[N-]. The van der Waals surface area contributed by atoms with Crippen molar-refractivity contribution in [3.63, 3.8) is 0 Å². The van der Waals surface area contributed by atoms with Gasteiger partial charge in [-0.2, -0.15) is 0 Å². The lowest BCUT2D eigenvalue weighted by Gasteiger charge is -2.25. The van der Waals surface area contributed by atoms with Crippen LogP contribution in [0.15, 0.2) is 59.7 Å². The van der Waals surface area contributed by atoms with Gasteiger partial charge >= 0.3 is 0 Å². The van der Waals surface area contributed by atoms with Crippen LogP contribution in [-0.4, -0.2) is 8.07 Å². The summed E-state index contributed by atoms with van der Waals surface area (Å²) in [6.07, 6.45) is 0. The van der Waals surface area contributed by atoms with E-state index < -0.39 is 8.07 Å². The first-order valence-corrected chi connectivity index (χ1v) is 8.86. The maximum atomic E-state index is 8.65. The highest BCUT2D eigenvalue weighted by molar-refractivity contribution is 7.01. The van der Waals surface area contributed by atoms with Crippen LogP contribution in [0, 0.1) is 0 Å². The summed E-state index contributed by atoms with van der Waals surface area (Å²) in [5, 5.41) is 6.33. The molecular formula is C14H15N3Si. The Kier molecular flexibility index (Phi) is 3.51. The Morgan fingerprint density at radius 1 is 0.944 bits per heavy atom. The van der Waals surface area contributed by atoms with Gasteiger partial charge in [0.15, 0.2) is 0 Å². The minimum absolute atomic E-state index is 0.750. The Bertz CT molecular complexity index is 587. The third-order valence-corrected chi connectivity index (χ3v) is 6.77. The molecule has 0 aliphatic heterocycles. The maximum absolute atomic E-state index is 8.65. The number of rotatable bonds is 3. The molecule has 0 saturated heterocycles. The number of nitrogens with zero attached hydrogens (tertiary/aromatic N) is 3. The second-order valence-electron chi connectivity index (χ2n) is 4.70. The molecule has 0 heterocycles. The van der Waals surface area contributed by atoms with Crippen LogP contribution in [0.2, 0.25) is 13.1 Å². The van der Waals surface area contributed by atoms with E-state index in [1.165, 1.54) is 10.4 Å². The topological polar surface area (TPSA) is 48.8 Å². The van der Waals surface area contributed by atoms with E-state index in [9.17, 15) is 0 Å². The van der Waals surface area contributed by atoms with Crippen molar-refractivity contribution in [2.45, 2.75) is 13.1 Å². The molecule has 0 saturated carbocycles. The lowest BCUT2D eigenvalue weighted by atomic mass is 10.3. The summed E-state index contributed by atoms with van der Waals surface area (Å²) in [6, 6.07) is 18.3. The van der Waals surface area contributed by atoms with E-state index in [0.29, 0.717) is 0 Å². The van der Waals surface area contributed by atoms with Crippen LogP contribution in [0.25, 0.3) is 10.4 Å². The lowest BCUT2D eigenvalue weighted by molar-refractivity contribution is 1.49.